The van der Waals surface area contributed by atoms with Crippen LogP contribution in [0, 0.1) is 0 Å². The maximum absolute atomic E-state index is 11.6. The molecule has 13 heavy (non-hydrogen) atoms. The molecule has 0 atom stereocenters. The largest absolute Gasteiger partial charge is 0.333 e. The Labute approximate surface area is 74.5 Å². The first-order chi connectivity index (χ1) is 6.38. The van der Waals surface area contributed by atoms with Gasteiger partial charge in [0.2, 0.25) is 0 Å². The Hall–Kier alpha value is -1.50. The van der Waals surface area contributed by atoms with Crippen molar-refractivity contribution < 1.29 is 4.79 Å². The molecule has 0 spiro atoms. The number of carbonyl (C=O) groups excluding carboxylic acids is 1. The van der Waals surface area contributed by atoms with Crippen molar-refractivity contribution in [3.63, 3.8) is 0 Å². The van der Waals surface area contributed by atoms with Gasteiger partial charge in [0.25, 0.3) is 11.7 Å². The number of amides is 1. The van der Waals surface area contributed by atoms with Crippen LogP contribution in [0.3, 0.4) is 0 Å². The van der Waals surface area contributed by atoms with Crippen LogP contribution in [-0.4, -0.2) is 57.6 Å². The number of tetrazole rings is 1. The lowest BCUT2D eigenvalue weighted by molar-refractivity contribution is 0.0723. The van der Waals surface area contributed by atoms with Crippen LogP contribution in [-0.2, 0) is 0 Å². The summed E-state index contributed by atoms with van der Waals surface area (Å²) in [5.74, 6) is -0.0165. The maximum Gasteiger partial charge on any atom is 0.295 e. The van der Waals surface area contributed by atoms with Crippen molar-refractivity contribution in [3.05, 3.63) is 5.82 Å². The van der Waals surface area contributed by atoms with Crippen LogP contribution in [0.25, 0.3) is 0 Å². The minimum atomic E-state index is -0.157. The number of hydrogen-bond acceptors (Lipinski definition) is 5. The Morgan fingerprint density at radius 3 is 2.77 bits per heavy atom. The zero-order chi connectivity index (χ0) is 9.10. The predicted octanol–water partition coefficient (Wildman–Crippen LogP) is -1.75. The van der Waals surface area contributed by atoms with Gasteiger partial charge in [-0.1, -0.05) is 0 Å². The van der Waals surface area contributed by atoms with Gasteiger partial charge in [-0.05, 0) is 5.21 Å². The van der Waals surface area contributed by atoms with Crippen molar-refractivity contribution in [2.24, 2.45) is 0 Å². The summed E-state index contributed by atoms with van der Waals surface area (Å²) < 4.78 is 0. The summed E-state index contributed by atoms with van der Waals surface area (Å²) in [5.41, 5.74) is 0. The maximum atomic E-state index is 11.6. The third-order valence-electron chi connectivity index (χ3n) is 1.94. The molecule has 7 heteroatoms. The number of hydrogen-bond donors (Lipinski definition) is 2. The van der Waals surface area contributed by atoms with Crippen molar-refractivity contribution in [2.75, 3.05) is 26.2 Å². The van der Waals surface area contributed by atoms with Crippen LogP contribution in [0.2, 0.25) is 0 Å². The second kappa shape index (κ2) is 3.48. The van der Waals surface area contributed by atoms with Gasteiger partial charge in [0, 0.05) is 26.2 Å². The summed E-state index contributed by atoms with van der Waals surface area (Å²) in [6.45, 7) is 3.05. The molecule has 2 rings (SSSR count). The number of nitrogens with one attached hydrogen (secondary N) is 2. The fourth-order valence-electron chi connectivity index (χ4n) is 1.26. The Kier molecular flexibility index (Phi) is 2.17. The van der Waals surface area contributed by atoms with Crippen molar-refractivity contribution in [3.8, 4) is 0 Å². The van der Waals surface area contributed by atoms with Gasteiger partial charge in [0.1, 0.15) is 0 Å². The van der Waals surface area contributed by atoms with Gasteiger partial charge in [0.05, 0.1) is 0 Å². The molecule has 0 bridgehead atoms. The fourth-order valence-corrected chi connectivity index (χ4v) is 1.26. The lowest BCUT2D eigenvalue weighted by Crippen LogP contribution is -2.46. The van der Waals surface area contributed by atoms with Crippen LogP contribution < -0.4 is 5.32 Å². The highest BCUT2D eigenvalue weighted by Gasteiger charge is 2.20. The number of piperazine rings is 1. The SMILES string of the molecule is O=C(c1nn[nH]n1)N1CCNCC1. The van der Waals surface area contributed by atoms with E-state index in [-0.39, 0.29) is 11.7 Å². The van der Waals surface area contributed by atoms with E-state index in [0.29, 0.717) is 13.1 Å². The Morgan fingerprint density at radius 2 is 2.15 bits per heavy atom. The van der Waals surface area contributed by atoms with Crippen molar-refractivity contribution in [1.82, 2.24) is 30.8 Å². The zero-order valence-electron chi connectivity index (χ0n) is 7.03. The molecule has 0 radical (unpaired) electrons. The average molecular weight is 182 g/mol. The molecule has 2 heterocycles. The smallest absolute Gasteiger partial charge is 0.295 e. The van der Waals surface area contributed by atoms with Crippen molar-refractivity contribution in [1.29, 1.82) is 0 Å². The van der Waals surface area contributed by atoms with Gasteiger partial charge in [-0.15, -0.1) is 10.2 Å². The van der Waals surface area contributed by atoms with E-state index in [2.05, 4.69) is 25.9 Å². The Balaban J connectivity index is 2.04. The van der Waals surface area contributed by atoms with Gasteiger partial charge in [-0.2, -0.15) is 5.21 Å². The lowest BCUT2D eigenvalue weighted by Gasteiger charge is -2.25. The molecule has 0 unspecified atom stereocenters. The molecule has 1 aliphatic rings. The topological polar surface area (TPSA) is 86.8 Å². The van der Waals surface area contributed by atoms with E-state index in [1.807, 2.05) is 0 Å². The monoisotopic (exact) mass is 182 g/mol. The predicted molar refractivity (Wildman–Crippen MR) is 43.0 cm³/mol. The molecule has 70 valence electrons. The zero-order valence-corrected chi connectivity index (χ0v) is 7.03. The second-order valence-electron chi connectivity index (χ2n) is 2.78. The minimum Gasteiger partial charge on any atom is -0.333 e. The van der Waals surface area contributed by atoms with E-state index in [0.717, 1.165) is 13.1 Å². The third-order valence-corrected chi connectivity index (χ3v) is 1.94. The normalized spacial score (nSPS) is 17.4. The molecule has 7 nitrogen and oxygen atoms in total. The van der Waals surface area contributed by atoms with Crippen molar-refractivity contribution in [2.45, 2.75) is 0 Å². The van der Waals surface area contributed by atoms with Crippen LogP contribution in [0.5, 0.6) is 0 Å². The highest BCUT2D eigenvalue weighted by molar-refractivity contribution is 5.90. The molecule has 0 saturated carbocycles. The molecule has 1 amide bonds. The number of carbonyl (C=O) groups is 1. The third kappa shape index (κ3) is 1.64. The number of aromatic nitrogens is 4. The average Bonchev–Trinajstić information content (AvgIpc) is 2.71. The van der Waals surface area contributed by atoms with Crippen LogP contribution in [0.15, 0.2) is 0 Å². The van der Waals surface area contributed by atoms with E-state index in [9.17, 15) is 4.79 Å². The van der Waals surface area contributed by atoms with E-state index in [4.69, 9.17) is 0 Å². The van der Waals surface area contributed by atoms with E-state index >= 15 is 0 Å². The number of rotatable bonds is 1. The Morgan fingerprint density at radius 1 is 1.38 bits per heavy atom. The summed E-state index contributed by atoms with van der Waals surface area (Å²) >= 11 is 0. The molecule has 1 aromatic heterocycles. The summed E-state index contributed by atoms with van der Waals surface area (Å²) in [6, 6.07) is 0. The first-order valence-corrected chi connectivity index (χ1v) is 4.11. The van der Waals surface area contributed by atoms with E-state index < -0.39 is 0 Å². The van der Waals surface area contributed by atoms with Crippen LogP contribution in [0.1, 0.15) is 10.6 Å². The quantitative estimate of drug-likeness (QED) is 0.537. The van der Waals surface area contributed by atoms with E-state index in [1.54, 1.807) is 4.90 Å². The molecule has 1 fully saturated rings. The van der Waals surface area contributed by atoms with Gasteiger partial charge in [0.15, 0.2) is 0 Å². The molecule has 0 aromatic carbocycles. The second-order valence-corrected chi connectivity index (χ2v) is 2.78. The Bertz CT molecular complexity index is 277. The van der Waals surface area contributed by atoms with Crippen molar-refractivity contribution >= 4 is 5.91 Å². The summed E-state index contributed by atoms with van der Waals surface area (Å²) in [4.78, 5) is 13.3. The number of aromatic amines is 1. The molecular weight excluding hydrogens is 172 g/mol. The van der Waals surface area contributed by atoms with Gasteiger partial charge < -0.3 is 10.2 Å². The number of nitrogens with zero attached hydrogens (tertiary/aromatic N) is 4. The molecule has 1 saturated heterocycles. The molecule has 2 N–H and O–H groups in total. The summed E-state index contributed by atoms with van der Waals surface area (Å²) in [6.07, 6.45) is 0. The van der Waals surface area contributed by atoms with E-state index in [1.165, 1.54) is 0 Å². The highest BCUT2D eigenvalue weighted by Crippen LogP contribution is 1.98. The van der Waals surface area contributed by atoms with Gasteiger partial charge in [-0.3, -0.25) is 4.79 Å². The summed E-state index contributed by atoms with van der Waals surface area (Å²) in [5, 5.41) is 16.0. The first kappa shape index (κ1) is 8.11. The summed E-state index contributed by atoms with van der Waals surface area (Å²) in [7, 11) is 0. The minimum absolute atomic E-state index is 0.141. The van der Waals surface area contributed by atoms with Gasteiger partial charge in [-0.25, -0.2) is 0 Å². The van der Waals surface area contributed by atoms with Gasteiger partial charge >= 0.3 is 0 Å². The standard InChI is InChI=1S/C6H10N6O/c13-6(5-8-10-11-9-5)12-3-1-7-2-4-12/h7H,1-4H2,(H,8,9,10,11). The number of H-pyrrole nitrogens is 1. The molecule has 1 aliphatic heterocycles. The van der Waals surface area contributed by atoms with Crippen LogP contribution in [0.4, 0.5) is 0 Å². The molecule has 1 aromatic rings. The highest BCUT2D eigenvalue weighted by atomic mass is 16.2. The fraction of sp³-hybridized carbons (Fsp3) is 0.667. The lowest BCUT2D eigenvalue weighted by atomic mass is 10.3. The molecule has 0 aliphatic carbocycles. The van der Waals surface area contributed by atoms with Crippen LogP contribution >= 0.6 is 0 Å². The molecular formula is C6H10N6O. The first-order valence-electron chi connectivity index (χ1n) is 4.11.